The molecule has 2 N–H and O–H groups in total. The van der Waals surface area contributed by atoms with Gasteiger partial charge in [0.1, 0.15) is 0 Å². The van der Waals surface area contributed by atoms with E-state index in [0.29, 0.717) is 5.75 Å². The SMILES string of the molecule is NC1(CC(F)F)CCSC1. The van der Waals surface area contributed by atoms with Crippen molar-refractivity contribution in [3.63, 3.8) is 0 Å². The van der Waals surface area contributed by atoms with Crippen LogP contribution < -0.4 is 5.73 Å². The maximum atomic E-state index is 11.8. The van der Waals surface area contributed by atoms with E-state index in [1.807, 2.05) is 0 Å². The first-order chi connectivity index (χ1) is 4.62. The molecule has 0 aromatic heterocycles. The summed E-state index contributed by atoms with van der Waals surface area (Å²) in [5.74, 6) is 1.63. The van der Waals surface area contributed by atoms with E-state index in [1.165, 1.54) is 0 Å². The van der Waals surface area contributed by atoms with Gasteiger partial charge in [-0.3, -0.25) is 0 Å². The Hall–Kier alpha value is 0.170. The van der Waals surface area contributed by atoms with Crippen molar-refractivity contribution in [1.82, 2.24) is 0 Å². The van der Waals surface area contributed by atoms with Crippen LogP contribution in [-0.2, 0) is 0 Å². The largest absolute Gasteiger partial charge is 0.324 e. The van der Waals surface area contributed by atoms with Crippen molar-refractivity contribution in [3.05, 3.63) is 0 Å². The molecule has 1 fully saturated rings. The van der Waals surface area contributed by atoms with Gasteiger partial charge in [0.05, 0.1) is 0 Å². The summed E-state index contributed by atoms with van der Waals surface area (Å²) >= 11 is 1.66. The molecule has 0 aromatic carbocycles. The zero-order valence-electron chi connectivity index (χ0n) is 5.65. The maximum Gasteiger partial charge on any atom is 0.240 e. The van der Waals surface area contributed by atoms with Crippen LogP contribution in [0.25, 0.3) is 0 Å². The predicted octanol–water partition coefficient (Wildman–Crippen LogP) is 1.48. The highest BCUT2D eigenvalue weighted by Gasteiger charge is 2.32. The molecule has 1 aliphatic rings. The smallest absolute Gasteiger partial charge is 0.240 e. The highest BCUT2D eigenvalue weighted by molar-refractivity contribution is 7.99. The van der Waals surface area contributed by atoms with Crippen LogP contribution in [0.2, 0.25) is 0 Å². The van der Waals surface area contributed by atoms with E-state index >= 15 is 0 Å². The Balaban J connectivity index is 2.36. The Labute approximate surface area is 63.4 Å². The average Bonchev–Trinajstić information content (AvgIpc) is 2.12. The van der Waals surface area contributed by atoms with Gasteiger partial charge in [0.2, 0.25) is 6.43 Å². The third-order valence-electron chi connectivity index (χ3n) is 1.69. The van der Waals surface area contributed by atoms with E-state index in [2.05, 4.69) is 0 Å². The van der Waals surface area contributed by atoms with Crippen molar-refractivity contribution in [2.24, 2.45) is 5.73 Å². The number of thioether (sulfide) groups is 1. The fourth-order valence-electron chi connectivity index (χ4n) is 1.09. The van der Waals surface area contributed by atoms with Crippen LogP contribution in [-0.4, -0.2) is 23.5 Å². The van der Waals surface area contributed by atoms with Crippen molar-refractivity contribution in [1.29, 1.82) is 0 Å². The summed E-state index contributed by atoms with van der Waals surface area (Å²) in [4.78, 5) is 0. The molecule has 0 aromatic rings. The normalized spacial score (nSPS) is 33.6. The third kappa shape index (κ3) is 2.09. The van der Waals surface area contributed by atoms with Gasteiger partial charge in [-0.1, -0.05) is 0 Å². The molecule has 10 heavy (non-hydrogen) atoms. The monoisotopic (exact) mass is 167 g/mol. The van der Waals surface area contributed by atoms with Gasteiger partial charge in [-0.15, -0.1) is 0 Å². The molecule has 1 nitrogen and oxygen atoms in total. The lowest BCUT2D eigenvalue weighted by atomic mass is 9.97. The Bertz CT molecular complexity index is 112. The predicted molar refractivity (Wildman–Crippen MR) is 39.5 cm³/mol. The first kappa shape index (κ1) is 8.27. The Kier molecular flexibility index (Phi) is 2.52. The first-order valence-corrected chi connectivity index (χ1v) is 4.43. The first-order valence-electron chi connectivity index (χ1n) is 3.27. The number of halogens is 2. The Morgan fingerprint density at radius 1 is 1.60 bits per heavy atom. The topological polar surface area (TPSA) is 26.0 Å². The summed E-state index contributed by atoms with van der Waals surface area (Å²) in [5, 5.41) is 0. The minimum absolute atomic E-state index is 0.139. The lowest BCUT2D eigenvalue weighted by Gasteiger charge is -2.21. The number of hydrogen-bond donors (Lipinski definition) is 1. The number of alkyl halides is 2. The van der Waals surface area contributed by atoms with Gasteiger partial charge in [0.25, 0.3) is 0 Å². The van der Waals surface area contributed by atoms with E-state index in [9.17, 15) is 8.78 Å². The number of hydrogen-bond acceptors (Lipinski definition) is 2. The summed E-state index contributed by atoms with van der Waals surface area (Å²) < 4.78 is 23.7. The van der Waals surface area contributed by atoms with Gasteiger partial charge in [-0.2, -0.15) is 11.8 Å². The second kappa shape index (κ2) is 3.05. The standard InChI is InChI=1S/C6H11F2NS/c7-5(8)3-6(9)1-2-10-4-6/h5H,1-4,9H2. The highest BCUT2D eigenvalue weighted by atomic mass is 32.2. The molecular formula is C6H11F2NS. The van der Waals surface area contributed by atoms with E-state index < -0.39 is 12.0 Å². The summed E-state index contributed by atoms with van der Waals surface area (Å²) in [7, 11) is 0. The van der Waals surface area contributed by atoms with Gasteiger partial charge < -0.3 is 5.73 Å². The zero-order valence-corrected chi connectivity index (χ0v) is 6.46. The fourth-order valence-corrected chi connectivity index (χ4v) is 2.46. The van der Waals surface area contributed by atoms with Gasteiger partial charge in [0, 0.05) is 17.7 Å². The van der Waals surface area contributed by atoms with Crippen molar-refractivity contribution >= 4 is 11.8 Å². The number of nitrogens with two attached hydrogens (primary N) is 1. The average molecular weight is 167 g/mol. The second-order valence-corrected chi connectivity index (χ2v) is 3.87. The van der Waals surface area contributed by atoms with Crippen molar-refractivity contribution < 1.29 is 8.78 Å². The molecule has 1 atom stereocenters. The quantitative estimate of drug-likeness (QED) is 0.674. The van der Waals surface area contributed by atoms with E-state index in [1.54, 1.807) is 11.8 Å². The second-order valence-electron chi connectivity index (χ2n) is 2.76. The highest BCUT2D eigenvalue weighted by Crippen LogP contribution is 2.30. The van der Waals surface area contributed by atoms with Gasteiger partial charge >= 0.3 is 0 Å². The van der Waals surface area contributed by atoms with Crippen LogP contribution >= 0.6 is 11.8 Å². The van der Waals surface area contributed by atoms with Gasteiger partial charge in [0.15, 0.2) is 0 Å². The molecular weight excluding hydrogens is 156 g/mol. The maximum absolute atomic E-state index is 11.8. The van der Waals surface area contributed by atoms with E-state index in [0.717, 1.165) is 12.2 Å². The molecule has 60 valence electrons. The van der Waals surface area contributed by atoms with E-state index in [4.69, 9.17) is 5.73 Å². The molecule has 0 bridgehead atoms. The van der Waals surface area contributed by atoms with Crippen molar-refractivity contribution in [3.8, 4) is 0 Å². The van der Waals surface area contributed by atoms with Crippen LogP contribution in [0.4, 0.5) is 8.78 Å². The molecule has 0 amide bonds. The van der Waals surface area contributed by atoms with Crippen molar-refractivity contribution in [2.45, 2.75) is 24.8 Å². The lowest BCUT2D eigenvalue weighted by molar-refractivity contribution is 0.110. The molecule has 1 aliphatic heterocycles. The summed E-state index contributed by atoms with van der Waals surface area (Å²) in [6, 6.07) is 0. The minimum atomic E-state index is -2.25. The van der Waals surface area contributed by atoms with Gasteiger partial charge in [-0.25, -0.2) is 8.78 Å². The summed E-state index contributed by atoms with van der Waals surface area (Å²) in [5.41, 5.74) is 5.09. The molecule has 1 rings (SSSR count). The summed E-state index contributed by atoms with van der Waals surface area (Å²) in [6.07, 6.45) is -1.65. The minimum Gasteiger partial charge on any atom is -0.324 e. The van der Waals surface area contributed by atoms with E-state index in [-0.39, 0.29) is 6.42 Å². The molecule has 0 aliphatic carbocycles. The Morgan fingerprint density at radius 3 is 2.70 bits per heavy atom. The van der Waals surface area contributed by atoms with Gasteiger partial charge in [-0.05, 0) is 12.2 Å². The van der Waals surface area contributed by atoms with Crippen molar-refractivity contribution in [2.75, 3.05) is 11.5 Å². The van der Waals surface area contributed by atoms with Crippen LogP contribution in [0.5, 0.6) is 0 Å². The lowest BCUT2D eigenvalue weighted by Crippen LogP contribution is -2.41. The van der Waals surface area contributed by atoms with Crippen LogP contribution in [0.3, 0.4) is 0 Å². The molecule has 1 heterocycles. The van der Waals surface area contributed by atoms with Crippen LogP contribution in [0.1, 0.15) is 12.8 Å². The molecule has 4 heteroatoms. The van der Waals surface area contributed by atoms with Crippen LogP contribution in [0.15, 0.2) is 0 Å². The Morgan fingerprint density at radius 2 is 2.30 bits per heavy atom. The molecule has 1 saturated heterocycles. The molecule has 0 saturated carbocycles. The molecule has 0 radical (unpaired) electrons. The molecule has 0 spiro atoms. The van der Waals surface area contributed by atoms with Crippen LogP contribution in [0, 0.1) is 0 Å². The zero-order chi connectivity index (χ0) is 7.61. The fraction of sp³-hybridized carbons (Fsp3) is 1.00. The summed E-state index contributed by atoms with van der Waals surface area (Å²) in [6.45, 7) is 0. The number of rotatable bonds is 2. The molecule has 1 unspecified atom stereocenters. The third-order valence-corrected chi connectivity index (χ3v) is 2.97.